The molecule has 0 unspecified atom stereocenters. The second kappa shape index (κ2) is 9.03. The molecule has 0 saturated heterocycles. The second-order valence-electron chi connectivity index (χ2n) is 8.60. The number of nitrogens with one attached hydrogen (secondary N) is 1. The minimum atomic E-state index is -4.87. The SMILES string of the molecule is Cc1cnc(-n2cc(C(=O)NCC3(c4ccc(F)cc4)CCCCC3)c(C(F)(F)F)n2)nc1N. The van der Waals surface area contributed by atoms with Crippen LogP contribution in [0.3, 0.4) is 0 Å². The van der Waals surface area contributed by atoms with Crippen LogP contribution in [0.25, 0.3) is 5.95 Å². The summed E-state index contributed by atoms with van der Waals surface area (Å²) in [7, 11) is 0. The van der Waals surface area contributed by atoms with E-state index in [1.165, 1.54) is 18.3 Å². The van der Waals surface area contributed by atoms with Gasteiger partial charge in [-0.2, -0.15) is 23.3 Å². The largest absolute Gasteiger partial charge is 0.435 e. The van der Waals surface area contributed by atoms with Crippen molar-refractivity contribution in [2.75, 3.05) is 12.3 Å². The minimum Gasteiger partial charge on any atom is -0.383 e. The molecule has 0 bridgehead atoms. The molecule has 1 saturated carbocycles. The lowest BCUT2D eigenvalue weighted by atomic mass is 9.69. The third-order valence-corrected chi connectivity index (χ3v) is 6.29. The number of nitrogens with zero attached hydrogens (tertiary/aromatic N) is 4. The molecule has 4 rings (SSSR count). The maximum atomic E-state index is 13.7. The Morgan fingerprint density at radius 1 is 1.18 bits per heavy atom. The number of nitrogen functional groups attached to an aromatic ring is 1. The fourth-order valence-electron chi connectivity index (χ4n) is 4.35. The molecule has 11 heteroatoms. The van der Waals surface area contributed by atoms with E-state index in [-0.39, 0.29) is 24.1 Å². The van der Waals surface area contributed by atoms with E-state index >= 15 is 0 Å². The summed E-state index contributed by atoms with van der Waals surface area (Å²) in [5.74, 6) is -1.37. The van der Waals surface area contributed by atoms with Crippen molar-refractivity contribution < 1.29 is 22.4 Å². The van der Waals surface area contributed by atoms with Gasteiger partial charge in [0, 0.05) is 29.9 Å². The molecule has 1 aliphatic rings. The Morgan fingerprint density at radius 3 is 2.47 bits per heavy atom. The van der Waals surface area contributed by atoms with E-state index in [1.54, 1.807) is 19.1 Å². The van der Waals surface area contributed by atoms with Gasteiger partial charge in [-0.15, -0.1) is 0 Å². The van der Waals surface area contributed by atoms with Crippen LogP contribution >= 0.6 is 0 Å². The van der Waals surface area contributed by atoms with Gasteiger partial charge in [0.2, 0.25) is 0 Å². The van der Waals surface area contributed by atoms with Crippen molar-refractivity contribution in [2.24, 2.45) is 0 Å². The summed E-state index contributed by atoms with van der Waals surface area (Å²) in [4.78, 5) is 20.9. The Morgan fingerprint density at radius 2 is 1.85 bits per heavy atom. The summed E-state index contributed by atoms with van der Waals surface area (Å²) < 4.78 is 55.3. The molecular weight excluding hydrogens is 452 g/mol. The van der Waals surface area contributed by atoms with E-state index in [4.69, 9.17) is 5.73 Å². The summed E-state index contributed by atoms with van der Waals surface area (Å²) in [6, 6.07) is 6.05. The van der Waals surface area contributed by atoms with E-state index in [0.29, 0.717) is 5.56 Å². The van der Waals surface area contributed by atoms with E-state index in [2.05, 4.69) is 20.4 Å². The monoisotopic (exact) mass is 476 g/mol. The normalized spacial score (nSPS) is 15.8. The second-order valence-corrected chi connectivity index (χ2v) is 8.60. The number of alkyl halides is 3. The molecular formula is C23H24F4N6O. The maximum absolute atomic E-state index is 13.7. The van der Waals surface area contributed by atoms with E-state index in [1.807, 2.05) is 0 Å². The number of aromatic nitrogens is 4. The van der Waals surface area contributed by atoms with Crippen LogP contribution in [0.4, 0.5) is 23.4 Å². The first kappa shape index (κ1) is 23.7. The number of aryl methyl sites for hydroxylation is 1. The van der Waals surface area contributed by atoms with Crippen LogP contribution in [-0.2, 0) is 11.6 Å². The summed E-state index contributed by atoms with van der Waals surface area (Å²) in [6.07, 6.45) is 1.77. The maximum Gasteiger partial charge on any atom is 0.435 e. The average Bonchev–Trinajstić information content (AvgIpc) is 3.27. The van der Waals surface area contributed by atoms with Crippen LogP contribution in [-0.4, -0.2) is 32.2 Å². The smallest absolute Gasteiger partial charge is 0.383 e. The van der Waals surface area contributed by atoms with Gasteiger partial charge in [0.25, 0.3) is 11.9 Å². The van der Waals surface area contributed by atoms with Crippen LogP contribution in [0.5, 0.6) is 0 Å². The standard InChI is InChI=1S/C23H24F4N6O/c1-14-11-29-21(31-19(14)28)33-12-17(18(32-33)23(25,26)27)20(34)30-13-22(9-3-2-4-10-22)15-5-7-16(24)8-6-15/h5-8,11-12H,2-4,9-10,13H2,1H3,(H,30,34)(H2,28,29,31). The molecule has 1 aliphatic carbocycles. The highest BCUT2D eigenvalue weighted by atomic mass is 19.4. The molecule has 2 heterocycles. The predicted molar refractivity (Wildman–Crippen MR) is 117 cm³/mol. The molecule has 1 fully saturated rings. The summed E-state index contributed by atoms with van der Waals surface area (Å²) in [5.41, 5.74) is 4.69. The van der Waals surface area contributed by atoms with Gasteiger partial charge in [0.1, 0.15) is 11.6 Å². The quantitative estimate of drug-likeness (QED) is 0.534. The Balaban J connectivity index is 1.63. The zero-order chi connectivity index (χ0) is 24.5. The Hall–Kier alpha value is -3.50. The number of hydrogen-bond donors (Lipinski definition) is 2. The fraction of sp³-hybridized carbons (Fsp3) is 0.391. The van der Waals surface area contributed by atoms with Crippen LogP contribution in [0.2, 0.25) is 0 Å². The zero-order valence-corrected chi connectivity index (χ0v) is 18.5. The molecule has 3 N–H and O–H groups in total. The lowest BCUT2D eigenvalue weighted by Crippen LogP contribution is -2.42. The van der Waals surface area contributed by atoms with Crippen molar-refractivity contribution in [3.05, 3.63) is 64.9 Å². The van der Waals surface area contributed by atoms with E-state index in [9.17, 15) is 22.4 Å². The van der Waals surface area contributed by atoms with Gasteiger partial charge in [0.05, 0.1) is 5.56 Å². The molecule has 180 valence electrons. The van der Waals surface area contributed by atoms with Gasteiger partial charge >= 0.3 is 6.18 Å². The average molecular weight is 476 g/mol. The molecule has 0 radical (unpaired) electrons. The number of benzene rings is 1. The molecule has 2 aromatic heterocycles. The first-order valence-electron chi connectivity index (χ1n) is 10.9. The minimum absolute atomic E-state index is 0.0959. The number of halogens is 4. The molecule has 7 nitrogen and oxygen atoms in total. The van der Waals surface area contributed by atoms with Gasteiger partial charge in [-0.3, -0.25) is 4.79 Å². The first-order chi connectivity index (χ1) is 16.1. The number of carbonyl (C=O) groups is 1. The Bertz CT molecular complexity index is 1180. The van der Waals surface area contributed by atoms with Crippen LogP contribution < -0.4 is 11.1 Å². The van der Waals surface area contributed by atoms with Crippen molar-refractivity contribution >= 4 is 11.7 Å². The molecule has 0 aliphatic heterocycles. The molecule has 34 heavy (non-hydrogen) atoms. The van der Waals surface area contributed by atoms with E-state index < -0.39 is 28.8 Å². The Kier molecular flexibility index (Phi) is 6.28. The van der Waals surface area contributed by atoms with Gasteiger partial charge < -0.3 is 11.1 Å². The van der Waals surface area contributed by atoms with Crippen molar-refractivity contribution in [3.8, 4) is 5.95 Å². The highest BCUT2D eigenvalue weighted by molar-refractivity contribution is 5.95. The Labute approximate surface area is 193 Å². The number of nitrogens with two attached hydrogens (primary N) is 1. The zero-order valence-electron chi connectivity index (χ0n) is 18.5. The third kappa shape index (κ3) is 4.73. The van der Waals surface area contributed by atoms with Crippen LogP contribution in [0, 0.1) is 12.7 Å². The summed E-state index contributed by atoms with van der Waals surface area (Å²) >= 11 is 0. The lowest BCUT2D eigenvalue weighted by Gasteiger charge is -2.38. The molecule has 0 spiro atoms. The molecule has 0 atom stereocenters. The van der Waals surface area contributed by atoms with Gasteiger partial charge in [-0.05, 0) is 37.5 Å². The van der Waals surface area contributed by atoms with Crippen LogP contribution in [0.15, 0.2) is 36.7 Å². The lowest BCUT2D eigenvalue weighted by molar-refractivity contribution is -0.141. The van der Waals surface area contributed by atoms with Gasteiger partial charge in [-0.1, -0.05) is 31.4 Å². The van der Waals surface area contributed by atoms with Gasteiger partial charge in [-0.25, -0.2) is 14.1 Å². The number of hydrogen-bond acceptors (Lipinski definition) is 5. The van der Waals surface area contributed by atoms with E-state index in [0.717, 1.165) is 48.5 Å². The van der Waals surface area contributed by atoms with Crippen molar-refractivity contribution in [1.82, 2.24) is 25.1 Å². The highest BCUT2D eigenvalue weighted by Crippen LogP contribution is 2.39. The summed E-state index contributed by atoms with van der Waals surface area (Å²) in [6.45, 7) is 1.78. The predicted octanol–water partition coefficient (Wildman–Crippen LogP) is 4.34. The highest BCUT2D eigenvalue weighted by Gasteiger charge is 2.40. The summed E-state index contributed by atoms with van der Waals surface area (Å²) in [5, 5.41) is 6.20. The van der Waals surface area contributed by atoms with Crippen LogP contribution in [0.1, 0.15) is 59.3 Å². The third-order valence-electron chi connectivity index (χ3n) is 6.29. The number of anilines is 1. The van der Waals surface area contributed by atoms with Crippen molar-refractivity contribution in [1.29, 1.82) is 0 Å². The molecule has 1 amide bonds. The van der Waals surface area contributed by atoms with Gasteiger partial charge in [0.15, 0.2) is 5.69 Å². The number of rotatable bonds is 5. The molecule has 1 aromatic carbocycles. The van der Waals surface area contributed by atoms with Crippen molar-refractivity contribution in [3.63, 3.8) is 0 Å². The molecule has 3 aromatic rings. The number of amides is 1. The van der Waals surface area contributed by atoms with Crippen molar-refractivity contribution in [2.45, 2.75) is 50.6 Å². The fourth-order valence-corrected chi connectivity index (χ4v) is 4.35. The topological polar surface area (TPSA) is 98.7 Å². The number of carbonyl (C=O) groups excluding carboxylic acids is 1. The first-order valence-corrected chi connectivity index (χ1v) is 10.9.